The molecule has 0 bridgehead atoms. The second-order valence-corrected chi connectivity index (χ2v) is 3.16. The Labute approximate surface area is 82.8 Å². The molecule has 0 saturated heterocycles. The lowest BCUT2D eigenvalue weighted by Gasteiger charge is -2.02. The van der Waals surface area contributed by atoms with E-state index in [1.165, 1.54) is 0 Å². The van der Waals surface area contributed by atoms with Crippen molar-refractivity contribution in [2.24, 2.45) is 0 Å². The zero-order valence-corrected chi connectivity index (χ0v) is 8.10. The molecule has 0 aliphatic heterocycles. The van der Waals surface area contributed by atoms with Crippen LogP contribution in [0.25, 0.3) is 0 Å². The van der Waals surface area contributed by atoms with Crippen LogP contribution in [0.2, 0.25) is 0 Å². The molecule has 1 rings (SSSR count). The average molecular weight is 191 g/mol. The van der Waals surface area contributed by atoms with Crippen LogP contribution in [0.1, 0.15) is 18.1 Å². The maximum absolute atomic E-state index is 8.54. The smallest absolute Gasteiger partial charge is 0.157 e. The lowest BCUT2D eigenvalue weighted by Crippen LogP contribution is -1.96. The summed E-state index contributed by atoms with van der Waals surface area (Å²) in [5, 5.41) is 9.08. The van der Waals surface area contributed by atoms with Gasteiger partial charge in [-0.1, -0.05) is 12.1 Å². The Bertz CT molecular complexity index is 337. The zero-order valence-electron chi connectivity index (χ0n) is 7.28. The molecule has 0 radical (unpaired) electrons. The second-order valence-electron chi connectivity index (χ2n) is 2.59. The number of benzene rings is 1. The molecule has 0 atom stereocenters. The van der Waals surface area contributed by atoms with E-state index in [2.05, 4.69) is 6.07 Å². The van der Waals surface area contributed by atoms with Gasteiger partial charge in [0.2, 0.25) is 0 Å². The maximum atomic E-state index is 8.54. The summed E-state index contributed by atoms with van der Waals surface area (Å²) in [6.07, 6.45) is 0. The molecule has 0 aliphatic rings. The van der Waals surface area contributed by atoms with Crippen LogP contribution in [0, 0.1) is 11.3 Å². The lowest BCUT2D eigenvalue weighted by atomic mass is 10.2. The summed E-state index contributed by atoms with van der Waals surface area (Å²) in [4.78, 5) is 0. The fourth-order valence-electron chi connectivity index (χ4n) is 0.860. The standard InChI is InChI=1S/C10H9NOS/c1-8(13)12-7-10-4-2-9(6-11)3-5-10/h2-5H,7H2,1H3. The molecule has 0 fully saturated rings. The van der Waals surface area contributed by atoms with E-state index in [4.69, 9.17) is 22.2 Å². The summed E-state index contributed by atoms with van der Waals surface area (Å²) in [5.74, 6) is 0. The van der Waals surface area contributed by atoms with Crippen LogP contribution in [0.4, 0.5) is 0 Å². The molecular weight excluding hydrogens is 182 g/mol. The van der Waals surface area contributed by atoms with Crippen LogP contribution in [-0.4, -0.2) is 5.05 Å². The molecule has 0 N–H and O–H groups in total. The molecule has 0 aromatic heterocycles. The van der Waals surface area contributed by atoms with Crippen molar-refractivity contribution >= 4 is 17.3 Å². The first-order chi connectivity index (χ1) is 6.22. The summed E-state index contributed by atoms with van der Waals surface area (Å²) in [6.45, 7) is 2.21. The first-order valence-corrected chi connectivity index (χ1v) is 4.25. The van der Waals surface area contributed by atoms with Crippen LogP contribution < -0.4 is 0 Å². The average Bonchev–Trinajstić information content (AvgIpc) is 2.15. The van der Waals surface area contributed by atoms with Gasteiger partial charge >= 0.3 is 0 Å². The van der Waals surface area contributed by atoms with Crippen LogP contribution in [0.3, 0.4) is 0 Å². The minimum atomic E-state index is 0.473. The van der Waals surface area contributed by atoms with Crippen LogP contribution in [0.5, 0.6) is 0 Å². The van der Waals surface area contributed by atoms with E-state index in [-0.39, 0.29) is 0 Å². The molecule has 2 nitrogen and oxygen atoms in total. The van der Waals surface area contributed by atoms with Crippen molar-refractivity contribution in [3.05, 3.63) is 35.4 Å². The fraction of sp³-hybridized carbons (Fsp3) is 0.200. The Hall–Kier alpha value is -1.40. The Morgan fingerprint density at radius 2 is 2.08 bits per heavy atom. The number of nitrogens with zero attached hydrogens (tertiary/aromatic N) is 1. The third-order valence-electron chi connectivity index (χ3n) is 1.53. The maximum Gasteiger partial charge on any atom is 0.157 e. The predicted octanol–water partition coefficient (Wildman–Crippen LogP) is 2.42. The third-order valence-corrected chi connectivity index (χ3v) is 1.64. The number of thiocarbonyl (C=S) groups is 1. The van der Waals surface area contributed by atoms with Crippen molar-refractivity contribution < 1.29 is 4.74 Å². The fourth-order valence-corrected chi connectivity index (χ4v) is 0.919. The molecular formula is C10H9NOS. The number of nitriles is 1. The van der Waals surface area contributed by atoms with Gasteiger partial charge in [-0.25, -0.2) is 0 Å². The van der Waals surface area contributed by atoms with Crippen LogP contribution in [0.15, 0.2) is 24.3 Å². The molecule has 13 heavy (non-hydrogen) atoms. The summed E-state index contributed by atoms with van der Waals surface area (Å²) in [6, 6.07) is 9.29. The first-order valence-electron chi connectivity index (χ1n) is 3.85. The zero-order chi connectivity index (χ0) is 9.68. The minimum Gasteiger partial charge on any atom is -0.483 e. The van der Waals surface area contributed by atoms with Crippen molar-refractivity contribution in [2.75, 3.05) is 0 Å². The Balaban J connectivity index is 2.60. The molecule has 0 unspecified atom stereocenters. The number of hydrogen-bond acceptors (Lipinski definition) is 3. The largest absolute Gasteiger partial charge is 0.483 e. The topological polar surface area (TPSA) is 33.0 Å². The van der Waals surface area contributed by atoms with Crippen molar-refractivity contribution in [3.63, 3.8) is 0 Å². The van der Waals surface area contributed by atoms with Crippen molar-refractivity contribution in [3.8, 4) is 6.07 Å². The number of hydrogen-bond donors (Lipinski definition) is 0. The number of rotatable bonds is 2. The highest BCUT2D eigenvalue weighted by Crippen LogP contribution is 2.04. The van der Waals surface area contributed by atoms with E-state index in [1.807, 2.05) is 12.1 Å². The molecule has 1 aromatic carbocycles. The Morgan fingerprint density at radius 3 is 2.54 bits per heavy atom. The molecule has 0 saturated carbocycles. The highest BCUT2D eigenvalue weighted by Gasteiger charge is 1.94. The molecule has 0 heterocycles. The molecule has 0 aliphatic carbocycles. The highest BCUT2D eigenvalue weighted by molar-refractivity contribution is 7.80. The molecule has 0 spiro atoms. The summed E-state index contributed by atoms with van der Waals surface area (Å²) >= 11 is 4.77. The normalized spacial score (nSPS) is 8.92. The molecule has 0 amide bonds. The van der Waals surface area contributed by atoms with Gasteiger partial charge in [-0.3, -0.25) is 0 Å². The van der Waals surface area contributed by atoms with E-state index >= 15 is 0 Å². The van der Waals surface area contributed by atoms with Gasteiger partial charge in [0.25, 0.3) is 0 Å². The first kappa shape index (κ1) is 9.69. The Morgan fingerprint density at radius 1 is 1.46 bits per heavy atom. The van der Waals surface area contributed by atoms with Gasteiger partial charge in [0.1, 0.15) is 6.61 Å². The van der Waals surface area contributed by atoms with Crippen molar-refractivity contribution in [1.29, 1.82) is 5.26 Å². The Kier molecular flexibility index (Phi) is 3.41. The van der Waals surface area contributed by atoms with Gasteiger partial charge in [0.15, 0.2) is 5.05 Å². The number of ether oxygens (including phenoxy) is 1. The van der Waals surface area contributed by atoms with E-state index in [0.717, 1.165) is 5.56 Å². The van der Waals surface area contributed by atoms with E-state index in [9.17, 15) is 0 Å². The van der Waals surface area contributed by atoms with Crippen LogP contribution >= 0.6 is 12.2 Å². The highest BCUT2D eigenvalue weighted by atomic mass is 32.1. The quantitative estimate of drug-likeness (QED) is 0.673. The lowest BCUT2D eigenvalue weighted by molar-refractivity contribution is 0.298. The summed E-state index contributed by atoms with van der Waals surface area (Å²) < 4.78 is 5.15. The summed E-state index contributed by atoms with van der Waals surface area (Å²) in [5.41, 5.74) is 1.67. The van der Waals surface area contributed by atoms with Crippen LogP contribution in [-0.2, 0) is 11.3 Å². The predicted molar refractivity (Wildman–Crippen MR) is 54.2 cm³/mol. The van der Waals surface area contributed by atoms with Gasteiger partial charge in [0.05, 0.1) is 11.6 Å². The SMILES string of the molecule is CC(=S)OCc1ccc(C#N)cc1. The van der Waals surface area contributed by atoms with Gasteiger partial charge in [-0.15, -0.1) is 0 Å². The van der Waals surface area contributed by atoms with E-state index < -0.39 is 0 Å². The van der Waals surface area contributed by atoms with Gasteiger partial charge in [-0.05, 0) is 29.9 Å². The molecule has 3 heteroatoms. The van der Waals surface area contributed by atoms with Crippen molar-refractivity contribution in [1.82, 2.24) is 0 Å². The minimum absolute atomic E-state index is 0.473. The third kappa shape index (κ3) is 3.22. The van der Waals surface area contributed by atoms with E-state index in [0.29, 0.717) is 17.2 Å². The van der Waals surface area contributed by atoms with Crippen molar-refractivity contribution in [2.45, 2.75) is 13.5 Å². The van der Waals surface area contributed by atoms with Gasteiger partial charge in [-0.2, -0.15) is 5.26 Å². The monoisotopic (exact) mass is 191 g/mol. The van der Waals surface area contributed by atoms with E-state index in [1.54, 1.807) is 19.1 Å². The second kappa shape index (κ2) is 4.58. The summed E-state index contributed by atoms with van der Waals surface area (Å²) in [7, 11) is 0. The van der Waals surface area contributed by atoms with Gasteiger partial charge in [0, 0.05) is 6.92 Å². The molecule has 66 valence electrons. The van der Waals surface area contributed by atoms with Gasteiger partial charge < -0.3 is 4.74 Å². The molecule has 1 aromatic rings.